The summed E-state index contributed by atoms with van der Waals surface area (Å²) in [7, 11) is 0. The SMILES string of the molecule is C=CCC1(C(=O)O)CN(C(=O)CCCC(C)NC(=O)OCC2c3ccccc3-c3ccccc32)C1. The Bertz CT molecular complexity index is 1080. The van der Waals surface area contributed by atoms with Crippen molar-refractivity contribution in [1.29, 1.82) is 0 Å². The van der Waals surface area contributed by atoms with Crippen LogP contribution in [0.4, 0.5) is 4.79 Å². The standard InChI is InChI=1S/C28H32N2O5/c1-3-15-28(26(32)33)17-30(18-28)25(31)14-8-9-19(2)29-27(34)35-16-24-22-12-6-4-10-20(22)21-11-5-7-13-23(21)24/h3-7,10-13,19,24H,1,8-9,14-18H2,2H3,(H,29,34)(H,32,33). The van der Waals surface area contributed by atoms with Crippen LogP contribution in [0.3, 0.4) is 0 Å². The Labute approximate surface area is 205 Å². The number of nitrogens with zero attached hydrogens (tertiary/aromatic N) is 1. The molecule has 1 heterocycles. The molecule has 1 atom stereocenters. The molecule has 4 rings (SSSR count). The maximum atomic E-state index is 12.4. The first kappa shape index (κ1) is 24.5. The first-order chi connectivity index (χ1) is 16.8. The zero-order valence-electron chi connectivity index (χ0n) is 20.0. The topological polar surface area (TPSA) is 95.9 Å². The Morgan fingerprint density at radius 2 is 1.74 bits per heavy atom. The average molecular weight is 477 g/mol. The van der Waals surface area contributed by atoms with Gasteiger partial charge in [0.15, 0.2) is 0 Å². The summed E-state index contributed by atoms with van der Waals surface area (Å²) in [6, 6.07) is 16.2. The molecule has 0 radical (unpaired) electrons. The predicted octanol–water partition coefficient (Wildman–Crippen LogP) is 4.57. The fourth-order valence-corrected chi connectivity index (χ4v) is 5.12. The number of ether oxygens (including phenoxy) is 1. The normalized spacial score (nSPS) is 16.4. The molecule has 35 heavy (non-hydrogen) atoms. The van der Waals surface area contributed by atoms with Crippen LogP contribution in [-0.4, -0.2) is 53.7 Å². The molecule has 1 aliphatic carbocycles. The number of carboxylic acids is 1. The minimum absolute atomic E-state index is 0.0108. The first-order valence-electron chi connectivity index (χ1n) is 12.1. The predicted molar refractivity (Wildman–Crippen MR) is 133 cm³/mol. The summed E-state index contributed by atoms with van der Waals surface area (Å²) in [6.07, 6.45) is 3.02. The third-order valence-electron chi connectivity index (χ3n) is 7.06. The summed E-state index contributed by atoms with van der Waals surface area (Å²) in [4.78, 5) is 37.9. The number of likely N-dealkylation sites (tertiary alicyclic amines) is 1. The molecule has 7 nitrogen and oxygen atoms in total. The van der Waals surface area contributed by atoms with Crippen LogP contribution in [0.15, 0.2) is 61.2 Å². The lowest BCUT2D eigenvalue weighted by Crippen LogP contribution is -2.61. The number of fused-ring (bicyclic) bond motifs is 3. The third-order valence-corrected chi connectivity index (χ3v) is 7.06. The van der Waals surface area contributed by atoms with Crippen molar-refractivity contribution >= 4 is 18.0 Å². The maximum absolute atomic E-state index is 12.4. The molecule has 2 aliphatic rings. The van der Waals surface area contributed by atoms with E-state index in [4.69, 9.17) is 4.74 Å². The second-order valence-electron chi connectivity index (χ2n) is 9.59. The monoisotopic (exact) mass is 476 g/mol. The number of carbonyl (C=O) groups excluding carboxylic acids is 2. The lowest BCUT2D eigenvalue weighted by molar-refractivity contribution is -0.165. The molecule has 0 bridgehead atoms. The van der Waals surface area contributed by atoms with E-state index in [2.05, 4.69) is 36.2 Å². The highest BCUT2D eigenvalue weighted by molar-refractivity contribution is 5.83. The van der Waals surface area contributed by atoms with Crippen molar-refractivity contribution in [3.8, 4) is 11.1 Å². The number of allylic oxidation sites excluding steroid dienone is 1. The molecule has 2 N–H and O–H groups in total. The molecule has 2 amide bonds. The van der Waals surface area contributed by atoms with Gasteiger partial charge in [0.1, 0.15) is 12.0 Å². The smallest absolute Gasteiger partial charge is 0.407 e. The van der Waals surface area contributed by atoms with Gasteiger partial charge in [-0.2, -0.15) is 0 Å². The molecule has 1 unspecified atom stereocenters. The number of aliphatic carboxylic acids is 1. The number of hydrogen-bond acceptors (Lipinski definition) is 4. The van der Waals surface area contributed by atoms with E-state index in [1.165, 1.54) is 22.3 Å². The van der Waals surface area contributed by atoms with Crippen LogP contribution in [0.25, 0.3) is 11.1 Å². The van der Waals surface area contributed by atoms with Crippen LogP contribution in [0.5, 0.6) is 0 Å². The van der Waals surface area contributed by atoms with Crippen LogP contribution in [-0.2, 0) is 14.3 Å². The molecule has 0 aromatic heterocycles. The van der Waals surface area contributed by atoms with E-state index in [-0.39, 0.29) is 37.6 Å². The lowest BCUT2D eigenvalue weighted by atomic mass is 9.76. The Balaban J connectivity index is 1.19. The number of alkyl carbamates (subject to hydrolysis) is 1. The van der Waals surface area contributed by atoms with Gasteiger partial charge < -0.3 is 20.1 Å². The Hall–Kier alpha value is -3.61. The quantitative estimate of drug-likeness (QED) is 0.490. The zero-order chi connectivity index (χ0) is 25.0. The highest BCUT2D eigenvalue weighted by atomic mass is 16.5. The summed E-state index contributed by atoms with van der Waals surface area (Å²) < 4.78 is 5.58. The van der Waals surface area contributed by atoms with Crippen LogP contribution >= 0.6 is 0 Å². The van der Waals surface area contributed by atoms with E-state index in [1.54, 1.807) is 11.0 Å². The third kappa shape index (κ3) is 5.09. The molecular formula is C28H32N2O5. The minimum atomic E-state index is -0.892. The van der Waals surface area contributed by atoms with E-state index in [9.17, 15) is 19.5 Å². The van der Waals surface area contributed by atoms with Crippen molar-refractivity contribution in [2.45, 2.75) is 44.6 Å². The van der Waals surface area contributed by atoms with Crippen LogP contribution in [0.2, 0.25) is 0 Å². The van der Waals surface area contributed by atoms with Gasteiger partial charge in [0.25, 0.3) is 0 Å². The van der Waals surface area contributed by atoms with Crippen LogP contribution in [0.1, 0.15) is 49.7 Å². The van der Waals surface area contributed by atoms with Crippen LogP contribution in [0, 0.1) is 5.41 Å². The van der Waals surface area contributed by atoms with Crippen molar-refractivity contribution in [3.05, 3.63) is 72.3 Å². The first-order valence-corrected chi connectivity index (χ1v) is 12.1. The van der Waals surface area contributed by atoms with E-state index >= 15 is 0 Å². The number of benzene rings is 2. The number of nitrogens with one attached hydrogen (secondary N) is 1. The summed E-state index contributed by atoms with van der Waals surface area (Å²) in [5, 5.41) is 12.3. The van der Waals surface area contributed by atoms with E-state index < -0.39 is 17.5 Å². The molecule has 0 saturated carbocycles. The van der Waals surface area contributed by atoms with Crippen molar-refractivity contribution in [2.75, 3.05) is 19.7 Å². The van der Waals surface area contributed by atoms with E-state index in [0.717, 1.165) is 0 Å². The van der Waals surface area contributed by atoms with Crippen molar-refractivity contribution in [3.63, 3.8) is 0 Å². The second kappa shape index (κ2) is 10.3. The van der Waals surface area contributed by atoms with Crippen LogP contribution < -0.4 is 5.32 Å². The second-order valence-corrected chi connectivity index (χ2v) is 9.59. The Morgan fingerprint density at radius 1 is 1.14 bits per heavy atom. The molecule has 1 fully saturated rings. The zero-order valence-corrected chi connectivity index (χ0v) is 20.0. The van der Waals surface area contributed by atoms with Gasteiger partial charge in [-0.15, -0.1) is 6.58 Å². The molecule has 1 saturated heterocycles. The fraction of sp³-hybridized carbons (Fsp3) is 0.393. The largest absolute Gasteiger partial charge is 0.481 e. The summed E-state index contributed by atoms with van der Waals surface area (Å²) >= 11 is 0. The minimum Gasteiger partial charge on any atom is -0.481 e. The maximum Gasteiger partial charge on any atom is 0.407 e. The highest BCUT2D eigenvalue weighted by Gasteiger charge is 2.50. The van der Waals surface area contributed by atoms with Gasteiger partial charge in [0, 0.05) is 31.5 Å². The van der Waals surface area contributed by atoms with Crippen molar-refractivity contribution < 1.29 is 24.2 Å². The highest BCUT2D eigenvalue weighted by Crippen LogP contribution is 2.44. The summed E-state index contributed by atoms with van der Waals surface area (Å²) in [5.41, 5.74) is 3.80. The van der Waals surface area contributed by atoms with Gasteiger partial charge in [0.05, 0.1) is 0 Å². The van der Waals surface area contributed by atoms with Crippen molar-refractivity contribution in [2.24, 2.45) is 5.41 Å². The molecule has 7 heteroatoms. The van der Waals surface area contributed by atoms with Gasteiger partial charge in [0.2, 0.25) is 5.91 Å². The van der Waals surface area contributed by atoms with Gasteiger partial charge >= 0.3 is 12.1 Å². The van der Waals surface area contributed by atoms with Gasteiger partial charge in [-0.05, 0) is 48.4 Å². The summed E-state index contributed by atoms with van der Waals surface area (Å²) in [5.74, 6) is -0.932. The van der Waals surface area contributed by atoms with Gasteiger partial charge in [-0.25, -0.2) is 4.79 Å². The molecule has 2 aromatic rings. The molecular weight excluding hydrogens is 444 g/mol. The Morgan fingerprint density at radius 3 is 2.31 bits per heavy atom. The number of carbonyl (C=O) groups is 3. The number of carboxylic acid groups (broad SMARTS) is 1. The molecule has 1 aliphatic heterocycles. The van der Waals surface area contributed by atoms with Gasteiger partial charge in [-0.3, -0.25) is 9.59 Å². The number of rotatable bonds is 10. The average Bonchev–Trinajstić information content (AvgIpc) is 3.13. The number of amides is 2. The van der Waals surface area contributed by atoms with E-state index in [1.807, 2.05) is 31.2 Å². The van der Waals surface area contributed by atoms with Crippen molar-refractivity contribution in [1.82, 2.24) is 10.2 Å². The lowest BCUT2D eigenvalue weighted by Gasteiger charge is -2.46. The Kier molecular flexibility index (Phi) is 7.24. The number of hydrogen-bond donors (Lipinski definition) is 2. The fourth-order valence-electron chi connectivity index (χ4n) is 5.12. The molecule has 184 valence electrons. The summed E-state index contributed by atoms with van der Waals surface area (Å²) in [6.45, 7) is 6.21. The van der Waals surface area contributed by atoms with Gasteiger partial charge in [-0.1, -0.05) is 54.6 Å². The molecule has 2 aromatic carbocycles. The van der Waals surface area contributed by atoms with E-state index in [0.29, 0.717) is 25.7 Å². The molecule has 0 spiro atoms.